The molecule has 0 aliphatic carbocycles. The van der Waals surface area contributed by atoms with E-state index in [1.807, 2.05) is 12.1 Å². The number of piperidine rings is 2. The molecule has 2 aliphatic heterocycles. The fourth-order valence-electron chi connectivity index (χ4n) is 6.27. The molecule has 5 heteroatoms. The number of aromatic nitrogens is 2. The maximum Gasteiger partial charge on any atom is 0.129 e. The highest BCUT2D eigenvalue weighted by Crippen LogP contribution is 2.36. The van der Waals surface area contributed by atoms with Gasteiger partial charge in [0.15, 0.2) is 0 Å². The van der Waals surface area contributed by atoms with Crippen LogP contribution in [0.2, 0.25) is 5.15 Å². The zero-order chi connectivity index (χ0) is 23.7. The molecule has 4 heterocycles. The van der Waals surface area contributed by atoms with Crippen molar-refractivity contribution >= 4 is 22.5 Å². The average molecular weight is 479 g/mol. The lowest BCUT2D eigenvalue weighted by atomic mass is 9.87. The number of halogens is 1. The van der Waals surface area contributed by atoms with Crippen molar-refractivity contribution in [3.8, 4) is 11.3 Å². The minimum Gasteiger partial charge on any atom is -0.354 e. The number of nitrogens with zero attached hydrogens (tertiary/aromatic N) is 3. The van der Waals surface area contributed by atoms with Gasteiger partial charge in [-0.05, 0) is 106 Å². The van der Waals surface area contributed by atoms with Crippen LogP contribution in [0.1, 0.15) is 63.5 Å². The minimum absolute atomic E-state index is 0.538. The number of hydrogen-bond donors (Lipinski definition) is 1. The summed E-state index contributed by atoms with van der Waals surface area (Å²) in [6.07, 6.45) is 8.01. The van der Waals surface area contributed by atoms with E-state index in [1.165, 1.54) is 86.1 Å². The van der Waals surface area contributed by atoms with Crippen LogP contribution in [0.4, 0.5) is 0 Å². The van der Waals surface area contributed by atoms with Gasteiger partial charge in [-0.3, -0.25) is 0 Å². The second-order valence-corrected chi connectivity index (χ2v) is 11.1. The molecule has 3 aromatic rings. The molecule has 2 fully saturated rings. The van der Waals surface area contributed by atoms with E-state index in [0.29, 0.717) is 11.1 Å². The van der Waals surface area contributed by atoms with Gasteiger partial charge in [0.25, 0.3) is 0 Å². The molecule has 0 radical (unpaired) electrons. The van der Waals surface area contributed by atoms with Crippen molar-refractivity contribution in [3.63, 3.8) is 0 Å². The standard InChI is InChI=1S/C29H39ClN4/c1-4-25-26-17-22(5-6-27(26)32-29(25)23-7-12-31-28(30)18-23)21-8-15-34(16-9-21)24-10-13-33(14-11-24)19-20(2)3/h5-7,12,17-18,20-21,24,32H,4,8-11,13-16,19H2,1-3H3. The van der Waals surface area contributed by atoms with Crippen LogP contribution < -0.4 is 0 Å². The summed E-state index contributed by atoms with van der Waals surface area (Å²) in [6.45, 7) is 13.2. The van der Waals surface area contributed by atoms with Gasteiger partial charge in [0.05, 0.1) is 0 Å². The van der Waals surface area contributed by atoms with Gasteiger partial charge in [0.2, 0.25) is 0 Å². The van der Waals surface area contributed by atoms with Gasteiger partial charge in [-0.2, -0.15) is 0 Å². The molecule has 2 aromatic heterocycles. The predicted molar refractivity (Wildman–Crippen MR) is 144 cm³/mol. The van der Waals surface area contributed by atoms with Gasteiger partial charge >= 0.3 is 0 Å². The molecule has 0 amide bonds. The molecular formula is C29H39ClN4. The second-order valence-electron chi connectivity index (χ2n) is 10.7. The third-order valence-corrected chi connectivity index (χ3v) is 8.20. The Balaban J connectivity index is 1.27. The maximum atomic E-state index is 6.18. The van der Waals surface area contributed by atoms with E-state index in [0.717, 1.165) is 23.9 Å². The van der Waals surface area contributed by atoms with Crippen LogP contribution in [-0.4, -0.2) is 58.5 Å². The first-order valence-corrected chi connectivity index (χ1v) is 13.6. The molecular weight excluding hydrogens is 440 g/mol. The molecule has 0 bridgehead atoms. The number of benzene rings is 1. The van der Waals surface area contributed by atoms with Crippen molar-refractivity contribution in [2.45, 2.75) is 64.8 Å². The number of likely N-dealkylation sites (tertiary alicyclic amines) is 2. The number of fused-ring (bicyclic) bond motifs is 1. The molecule has 0 spiro atoms. The Labute approximate surface area is 209 Å². The maximum absolute atomic E-state index is 6.18. The van der Waals surface area contributed by atoms with Gasteiger partial charge in [-0.25, -0.2) is 4.98 Å². The van der Waals surface area contributed by atoms with Crippen molar-refractivity contribution < 1.29 is 0 Å². The van der Waals surface area contributed by atoms with Gasteiger partial charge in [-0.15, -0.1) is 0 Å². The van der Waals surface area contributed by atoms with Gasteiger partial charge < -0.3 is 14.8 Å². The normalized spacial score (nSPS) is 19.4. The molecule has 34 heavy (non-hydrogen) atoms. The van der Waals surface area contributed by atoms with Gasteiger partial charge in [-0.1, -0.05) is 38.4 Å². The Morgan fingerprint density at radius 1 is 1.03 bits per heavy atom. The SMILES string of the molecule is CCc1c(-c2ccnc(Cl)c2)[nH]c2ccc(C3CCN(C4CCN(CC(C)C)CC4)CC3)cc12. The van der Waals surface area contributed by atoms with E-state index in [9.17, 15) is 0 Å². The lowest BCUT2D eigenvalue weighted by Crippen LogP contribution is -2.48. The van der Waals surface area contributed by atoms with Crippen LogP contribution in [0.5, 0.6) is 0 Å². The first-order valence-electron chi connectivity index (χ1n) is 13.2. The molecule has 4 nitrogen and oxygen atoms in total. The number of pyridine rings is 1. The molecule has 182 valence electrons. The van der Waals surface area contributed by atoms with Crippen LogP contribution in [0.15, 0.2) is 36.5 Å². The molecule has 0 atom stereocenters. The number of rotatable bonds is 6. The van der Waals surface area contributed by atoms with Crippen LogP contribution in [0.3, 0.4) is 0 Å². The Kier molecular flexibility index (Phi) is 7.29. The topological polar surface area (TPSA) is 35.2 Å². The zero-order valence-electron chi connectivity index (χ0n) is 21.0. The highest BCUT2D eigenvalue weighted by molar-refractivity contribution is 6.29. The van der Waals surface area contributed by atoms with Gasteiger partial charge in [0, 0.05) is 40.9 Å². The summed E-state index contributed by atoms with van der Waals surface area (Å²) in [5.41, 5.74) is 6.39. The number of nitrogens with one attached hydrogen (secondary N) is 1. The number of H-pyrrole nitrogens is 1. The molecule has 0 unspecified atom stereocenters. The number of aromatic amines is 1. The Morgan fingerprint density at radius 3 is 2.47 bits per heavy atom. The fourth-order valence-corrected chi connectivity index (χ4v) is 6.45. The molecule has 1 N–H and O–H groups in total. The third-order valence-electron chi connectivity index (χ3n) is 8.00. The van der Waals surface area contributed by atoms with E-state index in [1.54, 1.807) is 6.20 Å². The summed E-state index contributed by atoms with van der Waals surface area (Å²) >= 11 is 6.18. The average Bonchev–Trinajstić information content (AvgIpc) is 3.22. The van der Waals surface area contributed by atoms with E-state index in [4.69, 9.17) is 11.6 Å². The smallest absolute Gasteiger partial charge is 0.129 e. The second kappa shape index (κ2) is 10.4. The Bertz CT molecular complexity index is 1100. The van der Waals surface area contributed by atoms with Crippen LogP contribution >= 0.6 is 11.6 Å². The monoisotopic (exact) mass is 478 g/mol. The van der Waals surface area contributed by atoms with E-state index in [2.05, 4.69) is 58.7 Å². The van der Waals surface area contributed by atoms with Crippen molar-refractivity contribution in [2.24, 2.45) is 5.92 Å². The number of hydrogen-bond acceptors (Lipinski definition) is 3. The lowest BCUT2D eigenvalue weighted by Gasteiger charge is -2.42. The molecule has 1 aromatic carbocycles. The summed E-state index contributed by atoms with van der Waals surface area (Å²) in [7, 11) is 0. The van der Waals surface area contributed by atoms with E-state index < -0.39 is 0 Å². The fraction of sp³-hybridized carbons (Fsp3) is 0.552. The molecule has 2 saturated heterocycles. The third kappa shape index (κ3) is 5.05. The molecule has 5 rings (SSSR count). The quantitative estimate of drug-likeness (QED) is 0.398. The summed E-state index contributed by atoms with van der Waals surface area (Å²) in [5.74, 6) is 1.44. The number of aryl methyl sites for hydroxylation is 1. The van der Waals surface area contributed by atoms with Crippen LogP contribution in [0.25, 0.3) is 22.2 Å². The summed E-state index contributed by atoms with van der Waals surface area (Å²) in [5, 5.41) is 1.90. The predicted octanol–water partition coefficient (Wildman–Crippen LogP) is 6.75. The minimum atomic E-state index is 0.538. The zero-order valence-corrected chi connectivity index (χ0v) is 21.7. The van der Waals surface area contributed by atoms with Crippen LogP contribution in [-0.2, 0) is 6.42 Å². The van der Waals surface area contributed by atoms with E-state index in [-0.39, 0.29) is 0 Å². The molecule has 0 saturated carbocycles. The highest BCUT2D eigenvalue weighted by atomic mass is 35.5. The Hall–Kier alpha value is -1.88. The lowest BCUT2D eigenvalue weighted by molar-refractivity contribution is 0.0828. The molecule has 2 aliphatic rings. The summed E-state index contributed by atoms with van der Waals surface area (Å²) < 4.78 is 0. The Morgan fingerprint density at radius 2 is 1.79 bits per heavy atom. The summed E-state index contributed by atoms with van der Waals surface area (Å²) in [6, 6.07) is 11.9. The van der Waals surface area contributed by atoms with Crippen molar-refractivity contribution in [3.05, 3.63) is 52.8 Å². The van der Waals surface area contributed by atoms with Gasteiger partial charge in [0.1, 0.15) is 5.15 Å². The summed E-state index contributed by atoms with van der Waals surface area (Å²) in [4.78, 5) is 13.3. The largest absolute Gasteiger partial charge is 0.354 e. The highest BCUT2D eigenvalue weighted by Gasteiger charge is 2.29. The van der Waals surface area contributed by atoms with Crippen LogP contribution in [0, 0.1) is 5.92 Å². The van der Waals surface area contributed by atoms with E-state index >= 15 is 0 Å². The van der Waals surface area contributed by atoms with Crippen molar-refractivity contribution in [2.75, 3.05) is 32.7 Å². The van der Waals surface area contributed by atoms with Crippen molar-refractivity contribution in [1.29, 1.82) is 0 Å². The van der Waals surface area contributed by atoms with Crippen molar-refractivity contribution in [1.82, 2.24) is 19.8 Å². The first-order chi connectivity index (χ1) is 16.5. The first kappa shape index (κ1) is 23.8.